The first-order chi connectivity index (χ1) is 14.5. The molecule has 0 spiro atoms. The number of anilines is 3. The summed E-state index contributed by atoms with van der Waals surface area (Å²) in [5, 5.41) is 3.03. The monoisotopic (exact) mass is 405 g/mol. The molecule has 6 nitrogen and oxygen atoms in total. The second-order valence-corrected chi connectivity index (χ2v) is 7.53. The molecule has 2 aromatic carbocycles. The van der Waals surface area contributed by atoms with E-state index < -0.39 is 0 Å². The molecule has 0 bridgehead atoms. The van der Waals surface area contributed by atoms with Gasteiger partial charge in [-0.05, 0) is 55.8 Å². The summed E-state index contributed by atoms with van der Waals surface area (Å²) in [5.74, 6) is 1.70. The predicted molar refractivity (Wildman–Crippen MR) is 120 cm³/mol. The maximum atomic E-state index is 12.6. The SMILES string of the molecule is COc1ccccc1N1CCN(c2ccc(C)cc2NC(=O)c2ccc(C)o2)CC1. The Morgan fingerprint density at radius 3 is 2.30 bits per heavy atom. The Labute approximate surface area is 177 Å². The molecule has 0 atom stereocenters. The highest BCUT2D eigenvalue weighted by Gasteiger charge is 2.22. The van der Waals surface area contributed by atoms with Crippen molar-refractivity contribution in [3.05, 3.63) is 71.7 Å². The molecular weight excluding hydrogens is 378 g/mol. The van der Waals surface area contributed by atoms with Crippen LogP contribution in [0.4, 0.5) is 17.1 Å². The van der Waals surface area contributed by atoms with Crippen LogP contribution in [0.25, 0.3) is 0 Å². The number of hydrogen-bond acceptors (Lipinski definition) is 5. The number of para-hydroxylation sites is 2. The highest BCUT2D eigenvalue weighted by molar-refractivity contribution is 6.04. The van der Waals surface area contributed by atoms with Crippen molar-refractivity contribution < 1.29 is 13.9 Å². The number of furan rings is 1. The van der Waals surface area contributed by atoms with Crippen molar-refractivity contribution in [3.8, 4) is 5.75 Å². The summed E-state index contributed by atoms with van der Waals surface area (Å²) in [6.45, 7) is 7.30. The number of hydrogen-bond donors (Lipinski definition) is 1. The number of nitrogens with one attached hydrogen (secondary N) is 1. The average Bonchev–Trinajstić information content (AvgIpc) is 3.20. The van der Waals surface area contributed by atoms with Gasteiger partial charge in [-0.1, -0.05) is 18.2 Å². The first-order valence-electron chi connectivity index (χ1n) is 10.2. The van der Waals surface area contributed by atoms with Crippen molar-refractivity contribution in [2.24, 2.45) is 0 Å². The first kappa shape index (κ1) is 19.9. The van der Waals surface area contributed by atoms with Crippen LogP contribution in [0.2, 0.25) is 0 Å². The third-order valence-electron chi connectivity index (χ3n) is 5.41. The number of carbonyl (C=O) groups excluding carboxylic acids is 1. The Kier molecular flexibility index (Phi) is 5.65. The number of carbonyl (C=O) groups is 1. The summed E-state index contributed by atoms with van der Waals surface area (Å²) in [6, 6.07) is 17.8. The van der Waals surface area contributed by atoms with Gasteiger partial charge in [0.15, 0.2) is 5.76 Å². The molecule has 1 N–H and O–H groups in total. The quantitative estimate of drug-likeness (QED) is 0.678. The minimum Gasteiger partial charge on any atom is -0.495 e. The van der Waals surface area contributed by atoms with Crippen molar-refractivity contribution in [3.63, 3.8) is 0 Å². The Morgan fingerprint density at radius 1 is 0.933 bits per heavy atom. The van der Waals surface area contributed by atoms with Crippen molar-refractivity contribution in [1.82, 2.24) is 0 Å². The van der Waals surface area contributed by atoms with E-state index in [4.69, 9.17) is 9.15 Å². The van der Waals surface area contributed by atoms with Gasteiger partial charge in [0.1, 0.15) is 11.5 Å². The first-order valence-corrected chi connectivity index (χ1v) is 10.2. The van der Waals surface area contributed by atoms with Crippen LogP contribution in [0.15, 0.2) is 59.0 Å². The van der Waals surface area contributed by atoms with Crippen LogP contribution in [0.5, 0.6) is 5.75 Å². The van der Waals surface area contributed by atoms with Crippen LogP contribution < -0.4 is 19.9 Å². The van der Waals surface area contributed by atoms with Crippen molar-refractivity contribution in [1.29, 1.82) is 0 Å². The molecule has 6 heteroatoms. The number of rotatable bonds is 5. The minimum absolute atomic E-state index is 0.234. The van der Waals surface area contributed by atoms with Gasteiger partial charge in [0.25, 0.3) is 5.91 Å². The fourth-order valence-electron chi connectivity index (χ4n) is 3.85. The molecular formula is C24H27N3O3. The molecule has 3 aromatic rings. The van der Waals surface area contributed by atoms with E-state index in [1.54, 1.807) is 19.2 Å². The molecule has 30 heavy (non-hydrogen) atoms. The van der Waals surface area contributed by atoms with Gasteiger partial charge in [-0.2, -0.15) is 0 Å². The molecule has 0 aliphatic carbocycles. The number of nitrogens with zero attached hydrogens (tertiary/aromatic N) is 2. The number of benzene rings is 2. The van der Waals surface area contributed by atoms with Crippen molar-refractivity contribution in [2.75, 3.05) is 48.4 Å². The topological polar surface area (TPSA) is 58.0 Å². The zero-order valence-electron chi connectivity index (χ0n) is 17.6. The van der Waals surface area contributed by atoms with Gasteiger partial charge < -0.3 is 24.3 Å². The molecule has 0 unspecified atom stereocenters. The van der Waals surface area contributed by atoms with E-state index in [1.807, 2.05) is 38.1 Å². The second kappa shape index (κ2) is 8.53. The van der Waals surface area contributed by atoms with Crippen molar-refractivity contribution >= 4 is 23.0 Å². The molecule has 1 aromatic heterocycles. The second-order valence-electron chi connectivity index (χ2n) is 7.53. The summed E-state index contributed by atoms with van der Waals surface area (Å²) in [4.78, 5) is 17.3. The largest absolute Gasteiger partial charge is 0.495 e. The van der Waals surface area contributed by atoms with E-state index in [9.17, 15) is 4.79 Å². The summed E-state index contributed by atoms with van der Waals surface area (Å²) < 4.78 is 11.0. The molecule has 1 aliphatic rings. The minimum atomic E-state index is -0.234. The maximum Gasteiger partial charge on any atom is 0.291 e. The highest BCUT2D eigenvalue weighted by atomic mass is 16.5. The normalized spacial score (nSPS) is 14.0. The predicted octanol–water partition coefficient (Wildman–Crippen LogP) is 4.48. The van der Waals surface area contributed by atoms with Crippen molar-refractivity contribution in [2.45, 2.75) is 13.8 Å². The van der Waals surface area contributed by atoms with Crippen LogP contribution in [-0.4, -0.2) is 39.2 Å². The highest BCUT2D eigenvalue weighted by Crippen LogP contribution is 2.32. The fraction of sp³-hybridized carbons (Fsp3) is 0.292. The lowest BCUT2D eigenvalue weighted by Crippen LogP contribution is -2.46. The summed E-state index contributed by atoms with van der Waals surface area (Å²) in [6.07, 6.45) is 0. The van der Waals surface area contributed by atoms with Gasteiger partial charge in [0, 0.05) is 26.2 Å². The van der Waals surface area contributed by atoms with E-state index in [1.165, 1.54) is 0 Å². The lowest BCUT2D eigenvalue weighted by molar-refractivity contribution is 0.0995. The summed E-state index contributed by atoms with van der Waals surface area (Å²) in [7, 11) is 1.71. The van der Waals surface area contributed by atoms with Gasteiger partial charge in [-0.3, -0.25) is 4.79 Å². The zero-order chi connectivity index (χ0) is 21.1. The molecule has 1 aliphatic heterocycles. The van der Waals surface area contributed by atoms with Gasteiger partial charge in [-0.25, -0.2) is 0 Å². The average molecular weight is 405 g/mol. The van der Waals surface area contributed by atoms with Crippen LogP contribution in [-0.2, 0) is 0 Å². The number of methoxy groups -OCH3 is 1. The standard InChI is InChI=1S/C24H27N3O3/c1-17-8-10-20(19(16-17)25-24(28)23-11-9-18(2)30-23)26-12-14-27(15-13-26)21-6-4-5-7-22(21)29-3/h4-11,16H,12-15H2,1-3H3,(H,25,28). The number of aryl methyl sites for hydroxylation is 2. The summed E-state index contributed by atoms with van der Waals surface area (Å²) >= 11 is 0. The third kappa shape index (κ3) is 4.13. The Bertz CT molecular complexity index is 1040. The van der Waals surface area contributed by atoms with Gasteiger partial charge in [0.05, 0.1) is 24.2 Å². The molecule has 1 saturated heterocycles. The van der Waals surface area contributed by atoms with Crippen LogP contribution in [0, 0.1) is 13.8 Å². The smallest absolute Gasteiger partial charge is 0.291 e. The van der Waals surface area contributed by atoms with E-state index in [0.717, 1.165) is 60.3 Å². The van der Waals surface area contributed by atoms with Gasteiger partial charge >= 0.3 is 0 Å². The Hall–Kier alpha value is -3.41. The van der Waals surface area contributed by atoms with Gasteiger partial charge in [-0.15, -0.1) is 0 Å². The molecule has 0 saturated carbocycles. The number of ether oxygens (including phenoxy) is 1. The number of piperazine rings is 1. The lowest BCUT2D eigenvalue weighted by atomic mass is 10.1. The summed E-state index contributed by atoms with van der Waals surface area (Å²) in [5.41, 5.74) is 4.04. The lowest BCUT2D eigenvalue weighted by Gasteiger charge is -2.38. The fourth-order valence-corrected chi connectivity index (χ4v) is 3.85. The van der Waals surface area contributed by atoms with Crippen LogP contribution >= 0.6 is 0 Å². The zero-order valence-corrected chi connectivity index (χ0v) is 17.6. The molecule has 156 valence electrons. The molecule has 1 fully saturated rings. The van der Waals surface area contributed by atoms with Crippen LogP contribution in [0.3, 0.4) is 0 Å². The molecule has 2 heterocycles. The van der Waals surface area contributed by atoms with E-state index in [0.29, 0.717) is 5.76 Å². The van der Waals surface area contributed by atoms with Gasteiger partial charge in [0.2, 0.25) is 0 Å². The molecule has 0 radical (unpaired) electrons. The third-order valence-corrected chi connectivity index (χ3v) is 5.41. The van der Waals surface area contributed by atoms with E-state index >= 15 is 0 Å². The molecule has 4 rings (SSSR count). The Morgan fingerprint density at radius 2 is 1.63 bits per heavy atom. The Balaban J connectivity index is 1.50. The van der Waals surface area contributed by atoms with E-state index in [2.05, 4.69) is 33.3 Å². The molecule has 1 amide bonds. The maximum absolute atomic E-state index is 12.6. The van der Waals surface area contributed by atoms with E-state index in [-0.39, 0.29) is 5.91 Å². The van der Waals surface area contributed by atoms with Crippen LogP contribution in [0.1, 0.15) is 21.9 Å². The number of amides is 1.